The van der Waals surface area contributed by atoms with Crippen LogP contribution in [-0.2, 0) is 14.3 Å². The number of ketones is 1. The molecule has 1 unspecified atom stereocenters. The summed E-state index contributed by atoms with van der Waals surface area (Å²) in [6.07, 6.45) is 1.19. The van der Waals surface area contributed by atoms with Crippen molar-refractivity contribution in [1.29, 1.82) is 0 Å². The van der Waals surface area contributed by atoms with Crippen molar-refractivity contribution in [3.05, 3.63) is 87.2 Å². The van der Waals surface area contributed by atoms with Crippen molar-refractivity contribution in [2.24, 2.45) is 0 Å². The van der Waals surface area contributed by atoms with E-state index in [2.05, 4.69) is 4.98 Å². The summed E-state index contributed by atoms with van der Waals surface area (Å²) in [6, 6.07) is 11.2. The van der Waals surface area contributed by atoms with Crippen LogP contribution in [-0.4, -0.2) is 48.1 Å². The number of esters is 1. The lowest BCUT2D eigenvalue weighted by molar-refractivity contribution is -0.132. The van der Waals surface area contributed by atoms with Gasteiger partial charge in [0.25, 0.3) is 11.7 Å². The van der Waals surface area contributed by atoms with Gasteiger partial charge in [-0.3, -0.25) is 19.5 Å². The number of hydrogen-bond donors (Lipinski definition) is 1. The topological polar surface area (TPSA) is 115 Å². The largest absolute Gasteiger partial charge is 0.507 e. The van der Waals surface area contributed by atoms with Crippen molar-refractivity contribution in [3.8, 4) is 11.5 Å². The normalized spacial score (nSPS) is 16.5. The summed E-state index contributed by atoms with van der Waals surface area (Å²) >= 11 is 12.7. The van der Waals surface area contributed by atoms with Gasteiger partial charge < -0.3 is 19.3 Å². The molecule has 0 bridgehead atoms. The minimum Gasteiger partial charge on any atom is -0.507 e. The van der Waals surface area contributed by atoms with Crippen molar-refractivity contribution < 1.29 is 33.7 Å². The number of benzene rings is 2. The number of carbonyl (C=O) groups is 3. The second kappa shape index (κ2) is 11.3. The Kier molecular flexibility index (Phi) is 8.13. The monoisotopic (exact) mass is 570 g/mol. The van der Waals surface area contributed by atoms with Gasteiger partial charge in [0.2, 0.25) is 0 Å². The van der Waals surface area contributed by atoms with E-state index >= 15 is 0 Å². The molecule has 0 spiro atoms. The molecule has 0 saturated carbocycles. The van der Waals surface area contributed by atoms with Gasteiger partial charge in [-0.2, -0.15) is 0 Å². The molecule has 2 aromatic carbocycles. The molecule has 1 saturated heterocycles. The highest BCUT2D eigenvalue weighted by atomic mass is 35.5. The van der Waals surface area contributed by atoms with E-state index in [1.54, 1.807) is 32.0 Å². The highest BCUT2D eigenvalue weighted by Crippen LogP contribution is 2.47. The summed E-state index contributed by atoms with van der Waals surface area (Å²) in [4.78, 5) is 44.7. The lowest BCUT2D eigenvalue weighted by Crippen LogP contribution is -2.29. The summed E-state index contributed by atoms with van der Waals surface area (Å²) in [7, 11) is 2.69. The molecule has 39 heavy (non-hydrogen) atoms. The van der Waals surface area contributed by atoms with Crippen molar-refractivity contribution in [3.63, 3.8) is 0 Å². The summed E-state index contributed by atoms with van der Waals surface area (Å²) in [6.45, 7) is 3.47. The van der Waals surface area contributed by atoms with Crippen molar-refractivity contribution in [2.45, 2.75) is 26.0 Å². The third-order valence-corrected chi connectivity index (χ3v) is 6.55. The van der Waals surface area contributed by atoms with Crippen molar-refractivity contribution in [1.82, 2.24) is 4.98 Å². The van der Waals surface area contributed by atoms with Crippen LogP contribution in [0.2, 0.25) is 10.0 Å². The van der Waals surface area contributed by atoms with E-state index in [9.17, 15) is 19.5 Å². The Balaban J connectivity index is 1.90. The van der Waals surface area contributed by atoms with Crippen LogP contribution >= 0.6 is 23.2 Å². The van der Waals surface area contributed by atoms with Crippen LogP contribution in [0.25, 0.3) is 5.76 Å². The van der Waals surface area contributed by atoms with Gasteiger partial charge in [0, 0.05) is 11.9 Å². The minimum absolute atomic E-state index is 0.00518. The quantitative estimate of drug-likeness (QED) is 0.169. The summed E-state index contributed by atoms with van der Waals surface area (Å²) < 4.78 is 15.8. The fourth-order valence-corrected chi connectivity index (χ4v) is 4.94. The number of halogens is 2. The highest BCUT2D eigenvalue weighted by molar-refractivity contribution is 6.52. The van der Waals surface area contributed by atoms with Gasteiger partial charge in [-0.05, 0) is 56.3 Å². The van der Waals surface area contributed by atoms with Gasteiger partial charge in [-0.1, -0.05) is 29.3 Å². The molecule has 3 aromatic rings. The molecule has 4 rings (SSSR count). The number of aliphatic hydroxyl groups is 1. The maximum atomic E-state index is 13.4. The zero-order valence-corrected chi connectivity index (χ0v) is 22.9. The Morgan fingerprint density at radius 1 is 1.03 bits per heavy atom. The molecule has 1 aromatic heterocycles. The van der Waals surface area contributed by atoms with E-state index in [0.29, 0.717) is 11.4 Å². The van der Waals surface area contributed by atoms with Crippen LogP contribution in [0.15, 0.2) is 60.3 Å². The smallest absolute Gasteiger partial charge is 0.338 e. The van der Waals surface area contributed by atoms with Crippen molar-refractivity contribution in [2.75, 3.05) is 19.1 Å². The van der Waals surface area contributed by atoms with Gasteiger partial charge >= 0.3 is 5.97 Å². The van der Waals surface area contributed by atoms with Gasteiger partial charge in [-0.15, -0.1) is 0 Å². The van der Waals surface area contributed by atoms with E-state index < -0.39 is 29.5 Å². The second-order valence-corrected chi connectivity index (χ2v) is 9.50. The fourth-order valence-electron chi connectivity index (χ4n) is 4.25. The molecule has 2 heterocycles. The lowest BCUT2D eigenvalue weighted by Gasteiger charge is -2.25. The molecule has 0 radical (unpaired) electrons. The Bertz CT molecular complexity index is 1470. The first kappa shape index (κ1) is 27.9. The molecule has 1 aliphatic heterocycles. The average molecular weight is 571 g/mol. The number of aliphatic hydroxyl groups excluding tert-OH is 1. The summed E-state index contributed by atoms with van der Waals surface area (Å²) in [5, 5.41) is 11.5. The molecule has 11 heteroatoms. The molecule has 202 valence electrons. The maximum absolute atomic E-state index is 13.4. The zero-order chi connectivity index (χ0) is 28.4. The number of carbonyl (C=O) groups excluding carboxylic acids is 3. The Labute approximate surface area is 234 Å². The van der Waals surface area contributed by atoms with Crippen LogP contribution < -0.4 is 14.4 Å². The van der Waals surface area contributed by atoms with Gasteiger partial charge in [-0.25, -0.2) is 4.79 Å². The van der Waals surface area contributed by atoms with E-state index in [0.717, 1.165) is 0 Å². The number of anilines is 1. The second-order valence-electron chi connectivity index (χ2n) is 8.71. The standard InChI is InChI=1S/C28H24Cl2N2O7/c1-14(2)39-28(36)15-8-10-16(11-9-15)32-22(19-7-5-6-12-31-19)20(24(34)27(32)35)23(33)17-13-18(29)26(38-4)21(30)25(17)37-3/h5-14,22,33H,1-4H3/b23-20+. The number of methoxy groups -OCH3 is 2. The maximum Gasteiger partial charge on any atom is 0.338 e. The number of Topliss-reactive ketones (excluding diaryl/α,β-unsaturated/α-hetero) is 1. The van der Waals surface area contributed by atoms with Crippen LogP contribution in [0.3, 0.4) is 0 Å². The van der Waals surface area contributed by atoms with Crippen LogP contribution in [0, 0.1) is 0 Å². The lowest BCUT2D eigenvalue weighted by atomic mass is 9.97. The van der Waals surface area contributed by atoms with Gasteiger partial charge in [0.05, 0.1) is 47.7 Å². The van der Waals surface area contributed by atoms with Gasteiger partial charge in [0.1, 0.15) is 16.8 Å². The molecule has 1 amide bonds. The van der Waals surface area contributed by atoms with Crippen LogP contribution in [0.5, 0.6) is 11.5 Å². The molecule has 1 atom stereocenters. The Hall–Kier alpha value is -4.08. The molecular formula is C28H24Cl2N2O7. The molecule has 1 aliphatic rings. The van der Waals surface area contributed by atoms with E-state index in [1.165, 1.54) is 55.6 Å². The third-order valence-electron chi connectivity index (χ3n) is 5.93. The van der Waals surface area contributed by atoms with E-state index in [4.69, 9.17) is 37.4 Å². The average Bonchev–Trinajstić information content (AvgIpc) is 3.18. The zero-order valence-electron chi connectivity index (χ0n) is 21.4. The number of aromatic nitrogens is 1. The van der Waals surface area contributed by atoms with E-state index in [-0.39, 0.29) is 44.3 Å². The number of nitrogens with zero attached hydrogens (tertiary/aromatic N) is 2. The molecule has 1 N–H and O–H groups in total. The first-order valence-electron chi connectivity index (χ1n) is 11.7. The Morgan fingerprint density at radius 2 is 1.69 bits per heavy atom. The number of amides is 1. The van der Waals surface area contributed by atoms with E-state index in [1.807, 2.05) is 0 Å². The highest BCUT2D eigenvalue weighted by Gasteiger charge is 2.48. The first-order valence-corrected chi connectivity index (χ1v) is 12.5. The van der Waals surface area contributed by atoms with Crippen molar-refractivity contribution >= 4 is 52.3 Å². The summed E-state index contributed by atoms with van der Waals surface area (Å²) in [5.74, 6) is -2.85. The third kappa shape index (κ3) is 5.15. The van der Waals surface area contributed by atoms with Crippen LogP contribution in [0.1, 0.15) is 41.5 Å². The first-order chi connectivity index (χ1) is 18.6. The predicted octanol–water partition coefficient (Wildman–Crippen LogP) is 5.60. The van der Waals surface area contributed by atoms with Gasteiger partial charge in [0.15, 0.2) is 11.5 Å². The predicted molar refractivity (Wildman–Crippen MR) is 146 cm³/mol. The molecular weight excluding hydrogens is 547 g/mol. The summed E-state index contributed by atoms with van der Waals surface area (Å²) in [5.41, 5.74) is 0.610. The number of rotatable bonds is 7. The molecule has 9 nitrogen and oxygen atoms in total. The Morgan fingerprint density at radius 3 is 2.26 bits per heavy atom. The number of pyridine rings is 1. The fraction of sp³-hybridized carbons (Fsp3) is 0.214. The molecule has 1 fully saturated rings. The SMILES string of the molecule is COc1c(Cl)cc(/C(O)=C2\C(=O)C(=O)N(c3ccc(C(=O)OC(C)C)cc3)C2c2ccccn2)c(OC)c1Cl. The van der Waals surface area contributed by atoms with Crippen LogP contribution in [0.4, 0.5) is 5.69 Å². The minimum atomic E-state index is -1.12. The molecule has 0 aliphatic carbocycles. The number of hydrogen-bond acceptors (Lipinski definition) is 8. The number of ether oxygens (including phenoxy) is 3.